The highest BCUT2D eigenvalue weighted by Gasteiger charge is 2.23. The Morgan fingerprint density at radius 1 is 1.45 bits per heavy atom. The SMILES string of the molecule is CC(C)(N)CNC(=O)c1cc(Br)cc(S(C)(=O)=O)c1F. The molecular formula is C12H16BrFN2O3S. The Bertz CT molecular complexity index is 639. The highest BCUT2D eigenvalue weighted by atomic mass is 79.9. The molecule has 0 heterocycles. The van der Waals surface area contributed by atoms with Gasteiger partial charge in [-0.15, -0.1) is 0 Å². The number of carbonyl (C=O) groups excluding carboxylic acids is 1. The number of nitrogens with one attached hydrogen (secondary N) is 1. The second kappa shape index (κ2) is 5.79. The summed E-state index contributed by atoms with van der Waals surface area (Å²) in [5.74, 6) is -1.78. The summed E-state index contributed by atoms with van der Waals surface area (Å²) in [6.45, 7) is 3.53. The summed E-state index contributed by atoms with van der Waals surface area (Å²) >= 11 is 3.06. The molecule has 0 bridgehead atoms. The Balaban J connectivity index is 3.20. The Morgan fingerprint density at radius 2 is 2.00 bits per heavy atom. The molecule has 5 nitrogen and oxygen atoms in total. The van der Waals surface area contributed by atoms with Crippen LogP contribution in [-0.4, -0.2) is 32.7 Å². The van der Waals surface area contributed by atoms with Gasteiger partial charge in [-0.05, 0) is 26.0 Å². The zero-order valence-electron chi connectivity index (χ0n) is 11.3. The fourth-order valence-corrected chi connectivity index (χ4v) is 2.79. The van der Waals surface area contributed by atoms with E-state index in [4.69, 9.17) is 5.73 Å². The van der Waals surface area contributed by atoms with Gasteiger partial charge in [-0.25, -0.2) is 12.8 Å². The fourth-order valence-electron chi connectivity index (χ4n) is 1.40. The molecule has 0 unspecified atom stereocenters. The summed E-state index contributed by atoms with van der Waals surface area (Å²) in [4.78, 5) is 11.4. The van der Waals surface area contributed by atoms with Crippen molar-refractivity contribution in [2.75, 3.05) is 12.8 Å². The Morgan fingerprint density at radius 3 is 2.45 bits per heavy atom. The maximum atomic E-state index is 14.1. The average Bonchev–Trinajstić information content (AvgIpc) is 2.26. The zero-order chi connectivity index (χ0) is 15.7. The summed E-state index contributed by atoms with van der Waals surface area (Å²) in [5.41, 5.74) is 4.72. The topological polar surface area (TPSA) is 89.3 Å². The molecule has 0 radical (unpaired) electrons. The molecule has 1 amide bonds. The van der Waals surface area contributed by atoms with Crippen molar-refractivity contribution in [1.29, 1.82) is 0 Å². The van der Waals surface area contributed by atoms with E-state index in [1.54, 1.807) is 13.8 Å². The van der Waals surface area contributed by atoms with E-state index < -0.39 is 32.0 Å². The Labute approximate surface area is 125 Å². The fraction of sp³-hybridized carbons (Fsp3) is 0.417. The summed E-state index contributed by atoms with van der Waals surface area (Å²) in [5, 5.41) is 2.47. The first-order valence-electron chi connectivity index (χ1n) is 5.68. The molecule has 0 atom stereocenters. The van der Waals surface area contributed by atoms with Gasteiger partial charge in [0.25, 0.3) is 5.91 Å². The molecule has 0 saturated heterocycles. The molecule has 112 valence electrons. The van der Waals surface area contributed by atoms with Gasteiger partial charge in [0, 0.05) is 22.8 Å². The van der Waals surface area contributed by atoms with Crippen LogP contribution in [-0.2, 0) is 9.84 Å². The van der Waals surface area contributed by atoms with Crippen LogP contribution in [0.15, 0.2) is 21.5 Å². The molecule has 20 heavy (non-hydrogen) atoms. The summed E-state index contributed by atoms with van der Waals surface area (Å²) in [6.07, 6.45) is 0.878. The molecule has 0 aliphatic heterocycles. The maximum absolute atomic E-state index is 14.1. The molecule has 0 spiro atoms. The normalized spacial score (nSPS) is 12.3. The van der Waals surface area contributed by atoms with Gasteiger partial charge < -0.3 is 11.1 Å². The first-order valence-corrected chi connectivity index (χ1v) is 8.36. The van der Waals surface area contributed by atoms with Crippen LogP contribution in [0.1, 0.15) is 24.2 Å². The van der Waals surface area contributed by atoms with E-state index in [2.05, 4.69) is 21.2 Å². The van der Waals surface area contributed by atoms with Crippen LogP contribution in [0.2, 0.25) is 0 Å². The van der Waals surface area contributed by atoms with Crippen molar-refractivity contribution in [2.45, 2.75) is 24.3 Å². The van der Waals surface area contributed by atoms with Crippen molar-refractivity contribution in [3.63, 3.8) is 0 Å². The number of halogens is 2. The van der Waals surface area contributed by atoms with Crippen molar-refractivity contribution in [1.82, 2.24) is 5.32 Å². The predicted octanol–water partition coefficient (Wildman–Crippen LogP) is 1.46. The number of benzene rings is 1. The smallest absolute Gasteiger partial charge is 0.254 e. The molecule has 3 N–H and O–H groups in total. The summed E-state index contributed by atoms with van der Waals surface area (Å²) in [6, 6.07) is 2.34. The van der Waals surface area contributed by atoms with E-state index in [1.807, 2.05) is 0 Å². The molecule has 0 aliphatic carbocycles. The maximum Gasteiger partial charge on any atom is 0.254 e. The highest BCUT2D eigenvalue weighted by Crippen LogP contribution is 2.24. The number of nitrogens with two attached hydrogens (primary N) is 1. The quantitative estimate of drug-likeness (QED) is 0.843. The van der Waals surface area contributed by atoms with Gasteiger partial charge in [-0.1, -0.05) is 15.9 Å². The molecule has 8 heteroatoms. The van der Waals surface area contributed by atoms with Gasteiger partial charge in [0.15, 0.2) is 15.7 Å². The lowest BCUT2D eigenvalue weighted by Crippen LogP contribution is -2.45. The minimum absolute atomic E-state index is 0.131. The molecule has 1 aromatic rings. The van der Waals surface area contributed by atoms with Gasteiger partial charge in [0.1, 0.15) is 4.90 Å². The number of hydrogen-bond acceptors (Lipinski definition) is 4. The van der Waals surface area contributed by atoms with Crippen LogP contribution < -0.4 is 11.1 Å². The minimum Gasteiger partial charge on any atom is -0.350 e. The lowest BCUT2D eigenvalue weighted by atomic mass is 10.1. The number of hydrogen-bond donors (Lipinski definition) is 2. The number of rotatable bonds is 4. The van der Waals surface area contributed by atoms with E-state index in [0.717, 1.165) is 12.3 Å². The van der Waals surface area contributed by atoms with Gasteiger partial charge in [0.2, 0.25) is 0 Å². The van der Waals surface area contributed by atoms with E-state index >= 15 is 0 Å². The first-order chi connectivity index (χ1) is 8.92. The minimum atomic E-state index is -3.77. The van der Waals surface area contributed by atoms with Crippen molar-refractivity contribution in [2.24, 2.45) is 5.73 Å². The lowest BCUT2D eigenvalue weighted by molar-refractivity contribution is 0.0941. The van der Waals surface area contributed by atoms with Crippen LogP contribution in [0.4, 0.5) is 4.39 Å². The molecule has 1 rings (SSSR count). The molecular weight excluding hydrogens is 351 g/mol. The Hall–Kier alpha value is -0.990. The van der Waals surface area contributed by atoms with Crippen molar-refractivity contribution >= 4 is 31.7 Å². The lowest BCUT2D eigenvalue weighted by Gasteiger charge is -2.19. The van der Waals surface area contributed by atoms with Crippen LogP contribution >= 0.6 is 15.9 Å². The third-order valence-corrected chi connectivity index (χ3v) is 3.91. The summed E-state index contributed by atoms with van der Waals surface area (Å²) < 4.78 is 37.4. The molecule has 0 aromatic heterocycles. The van der Waals surface area contributed by atoms with Gasteiger partial charge in [-0.2, -0.15) is 0 Å². The number of carbonyl (C=O) groups is 1. The second-order valence-electron chi connectivity index (χ2n) is 5.21. The third kappa shape index (κ3) is 4.53. The Kier molecular flexibility index (Phi) is 4.94. The third-order valence-electron chi connectivity index (χ3n) is 2.35. The van der Waals surface area contributed by atoms with E-state index in [-0.39, 0.29) is 12.1 Å². The van der Waals surface area contributed by atoms with E-state index in [9.17, 15) is 17.6 Å². The molecule has 0 saturated carbocycles. The van der Waals surface area contributed by atoms with Crippen LogP contribution in [0.25, 0.3) is 0 Å². The molecule has 0 fully saturated rings. The van der Waals surface area contributed by atoms with E-state index in [0.29, 0.717) is 4.47 Å². The molecule has 1 aromatic carbocycles. The first kappa shape index (κ1) is 17.1. The van der Waals surface area contributed by atoms with Gasteiger partial charge in [-0.3, -0.25) is 4.79 Å². The standard InChI is InChI=1S/C12H16BrFN2O3S/c1-12(2,15)6-16-11(17)8-4-7(13)5-9(10(8)14)20(3,18)19/h4-5H,6,15H2,1-3H3,(H,16,17). The second-order valence-corrected chi connectivity index (χ2v) is 8.11. The predicted molar refractivity (Wildman–Crippen MR) is 77.8 cm³/mol. The van der Waals surface area contributed by atoms with E-state index in [1.165, 1.54) is 6.07 Å². The highest BCUT2D eigenvalue weighted by molar-refractivity contribution is 9.10. The van der Waals surface area contributed by atoms with Crippen molar-refractivity contribution in [3.05, 3.63) is 28.0 Å². The van der Waals surface area contributed by atoms with Crippen LogP contribution in [0.5, 0.6) is 0 Å². The van der Waals surface area contributed by atoms with Gasteiger partial charge >= 0.3 is 0 Å². The summed E-state index contributed by atoms with van der Waals surface area (Å²) in [7, 11) is -3.77. The monoisotopic (exact) mass is 366 g/mol. The van der Waals surface area contributed by atoms with Crippen molar-refractivity contribution in [3.8, 4) is 0 Å². The number of sulfone groups is 1. The average molecular weight is 367 g/mol. The number of amides is 1. The van der Waals surface area contributed by atoms with Crippen LogP contribution in [0, 0.1) is 5.82 Å². The van der Waals surface area contributed by atoms with Crippen LogP contribution in [0.3, 0.4) is 0 Å². The van der Waals surface area contributed by atoms with Gasteiger partial charge in [0.05, 0.1) is 5.56 Å². The largest absolute Gasteiger partial charge is 0.350 e. The zero-order valence-corrected chi connectivity index (χ0v) is 13.7. The van der Waals surface area contributed by atoms with Crippen molar-refractivity contribution < 1.29 is 17.6 Å². The molecule has 0 aliphatic rings.